The minimum Gasteiger partial charge on any atom is -0.358 e. The van der Waals surface area contributed by atoms with E-state index >= 15 is 0 Å². The summed E-state index contributed by atoms with van der Waals surface area (Å²) in [5.74, 6) is 1.25. The van der Waals surface area contributed by atoms with Crippen molar-refractivity contribution in [1.29, 1.82) is 0 Å². The third kappa shape index (κ3) is 2.93. The van der Waals surface area contributed by atoms with Gasteiger partial charge in [-0.1, -0.05) is 12.2 Å². The molecule has 0 aliphatic carbocycles. The fourth-order valence-electron chi connectivity index (χ4n) is 1.93. The quantitative estimate of drug-likeness (QED) is 0.649. The zero-order valence-corrected chi connectivity index (χ0v) is 9.37. The Labute approximate surface area is 91.6 Å². The zero-order valence-electron chi connectivity index (χ0n) is 9.37. The molecule has 0 aromatic rings. The van der Waals surface area contributed by atoms with E-state index in [0.29, 0.717) is 0 Å². The van der Waals surface area contributed by atoms with Gasteiger partial charge in [-0.25, -0.2) is 4.99 Å². The van der Waals surface area contributed by atoms with E-state index in [2.05, 4.69) is 34.3 Å². The number of hydrogen-bond acceptors (Lipinski definition) is 3. The van der Waals surface area contributed by atoms with Crippen molar-refractivity contribution in [2.45, 2.75) is 19.8 Å². The van der Waals surface area contributed by atoms with Crippen LogP contribution in [0.1, 0.15) is 19.8 Å². The first-order valence-corrected chi connectivity index (χ1v) is 5.72. The maximum Gasteiger partial charge on any atom is 0.104 e. The van der Waals surface area contributed by atoms with Crippen molar-refractivity contribution in [2.75, 3.05) is 26.2 Å². The van der Waals surface area contributed by atoms with Crippen molar-refractivity contribution < 1.29 is 0 Å². The van der Waals surface area contributed by atoms with Gasteiger partial charge in [0.15, 0.2) is 0 Å². The van der Waals surface area contributed by atoms with Gasteiger partial charge in [-0.2, -0.15) is 0 Å². The number of nitrogens with zero attached hydrogens (tertiary/aromatic N) is 2. The second kappa shape index (κ2) is 5.12. The second-order valence-corrected chi connectivity index (χ2v) is 4.10. The molecule has 0 atom stereocenters. The van der Waals surface area contributed by atoms with Gasteiger partial charge in [-0.3, -0.25) is 0 Å². The van der Waals surface area contributed by atoms with Crippen LogP contribution in [0.5, 0.6) is 0 Å². The predicted molar refractivity (Wildman–Crippen MR) is 64.0 cm³/mol. The van der Waals surface area contributed by atoms with E-state index < -0.39 is 0 Å². The second-order valence-electron chi connectivity index (χ2n) is 4.10. The molecule has 2 rings (SSSR count). The lowest BCUT2D eigenvalue weighted by molar-refractivity contribution is 0.351. The lowest BCUT2D eigenvalue weighted by Gasteiger charge is -2.30. The summed E-state index contributed by atoms with van der Waals surface area (Å²) in [4.78, 5) is 6.99. The molecule has 0 bridgehead atoms. The topological polar surface area (TPSA) is 27.6 Å². The Hall–Kier alpha value is -1.09. The minimum atomic E-state index is 1.07. The molecule has 0 radical (unpaired) electrons. The molecule has 0 aromatic carbocycles. The summed E-state index contributed by atoms with van der Waals surface area (Å²) in [5, 5.41) is 3.36. The standard InChI is InChI=1S/C12H19N3/c1-11-4-2-3-5-12(14-10-11)15-8-6-13-7-9-15/h2,4,10,13H,3,5-9H2,1H3/b4-2-,11-10-,14-12?. The summed E-state index contributed by atoms with van der Waals surface area (Å²) in [6.07, 6.45) is 8.54. The Balaban J connectivity index is 2.06. The highest BCUT2D eigenvalue weighted by Gasteiger charge is 2.13. The highest BCUT2D eigenvalue weighted by molar-refractivity contribution is 5.83. The van der Waals surface area contributed by atoms with Crippen molar-refractivity contribution >= 4 is 5.84 Å². The zero-order chi connectivity index (χ0) is 10.5. The van der Waals surface area contributed by atoms with E-state index in [1.54, 1.807) is 0 Å². The Bertz CT molecular complexity index is 296. The predicted octanol–water partition coefficient (Wildman–Crippen LogP) is 1.54. The van der Waals surface area contributed by atoms with Gasteiger partial charge >= 0.3 is 0 Å². The molecule has 0 unspecified atom stereocenters. The molecule has 0 amide bonds. The van der Waals surface area contributed by atoms with Crippen molar-refractivity contribution in [3.8, 4) is 0 Å². The van der Waals surface area contributed by atoms with E-state index in [9.17, 15) is 0 Å². The molecule has 0 saturated carbocycles. The van der Waals surface area contributed by atoms with E-state index in [0.717, 1.165) is 39.0 Å². The summed E-state index contributed by atoms with van der Waals surface area (Å²) in [6.45, 7) is 6.45. The average molecular weight is 205 g/mol. The van der Waals surface area contributed by atoms with Crippen molar-refractivity contribution in [2.24, 2.45) is 4.99 Å². The molecule has 82 valence electrons. The molecule has 1 fully saturated rings. The number of nitrogens with one attached hydrogen (secondary N) is 1. The van der Waals surface area contributed by atoms with Crippen LogP contribution in [0.25, 0.3) is 0 Å². The molecule has 15 heavy (non-hydrogen) atoms. The molecular weight excluding hydrogens is 186 g/mol. The number of aliphatic imine (C=N–C) groups is 1. The summed E-state index contributed by atoms with van der Waals surface area (Å²) in [5.41, 5.74) is 1.24. The number of allylic oxidation sites excluding steroid dienone is 3. The number of hydrogen-bond donors (Lipinski definition) is 1. The number of piperazine rings is 1. The fourth-order valence-corrected chi connectivity index (χ4v) is 1.93. The normalized spacial score (nSPS) is 28.5. The van der Waals surface area contributed by atoms with Crippen LogP contribution < -0.4 is 5.32 Å². The van der Waals surface area contributed by atoms with Gasteiger partial charge in [0.2, 0.25) is 0 Å². The van der Waals surface area contributed by atoms with Crippen LogP contribution in [0, 0.1) is 0 Å². The van der Waals surface area contributed by atoms with Crippen LogP contribution in [0.4, 0.5) is 0 Å². The Kier molecular flexibility index (Phi) is 3.56. The molecule has 3 nitrogen and oxygen atoms in total. The maximum absolute atomic E-state index is 4.59. The van der Waals surface area contributed by atoms with E-state index in [1.165, 1.54) is 11.4 Å². The number of amidine groups is 1. The van der Waals surface area contributed by atoms with E-state index in [1.807, 2.05) is 6.20 Å². The molecule has 3 heteroatoms. The molecule has 0 aromatic heterocycles. The summed E-state index contributed by atoms with van der Waals surface area (Å²) in [6, 6.07) is 0. The highest BCUT2D eigenvalue weighted by Crippen LogP contribution is 2.09. The fraction of sp³-hybridized carbons (Fsp3) is 0.583. The summed E-state index contributed by atoms with van der Waals surface area (Å²) in [7, 11) is 0. The minimum absolute atomic E-state index is 1.07. The van der Waals surface area contributed by atoms with Crippen molar-refractivity contribution in [3.63, 3.8) is 0 Å². The molecule has 2 aliphatic rings. The summed E-state index contributed by atoms with van der Waals surface area (Å²) >= 11 is 0. The smallest absolute Gasteiger partial charge is 0.104 e. The molecule has 2 aliphatic heterocycles. The van der Waals surface area contributed by atoms with Crippen LogP contribution >= 0.6 is 0 Å². The van der Waals surface area contributed by atoms with Crippen LogP contribution in [0.2, 0.25) is 0 Å². The molecule has 0 spiro atoms. The van der Waals surface area contributed by atoms with Crippen LogP contribution in [0.15, 0.2) is 28.9 Å². The lowest BCUT2D eigenvalue weighted by atomic mass is 10.2. The van der Waals surface area contributed by atoms with Gasteiger partial charge in [-0.05, 0) is 18.9 Å². The van der Waals surface area contributed by atoms with Crippen LogP contribution in [0.3, 0.4) is 0 Å². The van der Waals surface area contributed by atoms with Crippen LogP contribution in [-0.2, 0) is 0 Å². The molecule has 1 N–H and O–H groups in total. The Morgan fingerprint density at radius 1 is 1.33 bits per heavy atom. The Morgan fingerprint density at radius 2 is 2.13 bits per heavy atom. The van der Waals surface area contributed by atoms with E-state index in [-0.39, 0.29) is 0 Å². The molecule has 1 saturated heterocycles. The average Bonchev–Trinajstić information content (AvgIpc) is 2.25. The van der Waals surface area contributed by atoms with Gasteiger partial charge in [0.1, 0.15) is 5.84 Å². The highest BCUT2D eigenvalue weighted by atomic mass is 15.2. The van der Waals surface area contributed by atoms with Gasteiger partial charge in [-0.15, -0.1) is 0 Å². The summed E-state index contributed by atoms with van der Waals surface area (Å²) < 4.78 is 0. The first-order valence-electron chi connectivity index (χ1n) is 5.72. The molecule has 2 heterocycles. The molecular formula is C12H19N3. The monoisotopic (exact) mass is 205 g/mol. The largest absolute Gasteiger partial charge is 0.358 e. The van der Waals surface area contributed by atoms with Gasteiger partial charge < -0.3 is 10.2 Å². The van der Waals surface area contributed by atoms with Crippen LogP contribution in [-0.4, -0.2) is 36.9 Å². The first-order chi connectivity index (χ1) is 7.36. The van der Waals surface area contributed by atoms with Gasteiger partial charge in [0, 0.05) is 38.8 Å². The maximum atomic E-state index is 4.59. The van der Waals surface area contributed by atoms with Gasteiger partial charge in [0.25, 0.3) is 0 Å². The van der Waals surface area contributed by atoms with Crippen molar-refractivity contribution in [3.05, 3.63) is 23.9 Å². The first kappa shape index (κ1) is 10.4. The SMILES string of the molecule is CC1=C/N=C(N2CCNCC2)CC/C=C\1. The third-order valence-corrected chi connectivity index (χ3v) is 2.81. The number of rotatable bonds is 0. The van der Waals surface area contributed by atoms with E-state index in [4.69, 9.17) is 0 Å². The Morgan fingerprint density at radius 3 is 2.93 bits per heavy atom. The van der Waals surface area contributed by atoms with Crippen molar-refractivity contribution in [1.82, 2.24) is 10.2 Å². The van der Waals surface area contributed by atoms with Gasteiger partial charge in [0.05, 0.1) is 0 Å². The lowest BCUT2D eigenvalue weighted by Crippen LogP contribution is -2.46. The third-order valence-electron chi connectivity index (χ3n) is 2.81.